The average Bonchev–Trinajstić information content (AvgIpc) is 2.49. The average molecular weight is 271 g/mol. The molecule has 0 aromatic heterocycles. The summed E-state index contributed by atoms with van der Waals surface area (Å²) in [5.74, 6) is 0.272. The number of aromatic hydroxyl groups is 1. The van der Waals surface area contributed by atoms with Crippen LogP contribution in [0.15, 0.2) is 53.7 Å². The van der Waals surface area contributed by atoms with Gasteiger partial charge in [0.25, 0.3) is 0 Å². The molecule has 0 aliphatic carbocycles. The van der Waals surface area contributed by atoms with Crippen molar-refractivity contribution in [2.24, 2.45) is 5.16 Å². The second kappa shape index (κ2) is 6.38. The van der Waals surface area contributed by atoms with Crippen LogP contribution in [-0.2, 0) is 4.84 Å². The number of phenols is 1. The van der Waals surface area contributed by atoms with Gasteiger partial charge in [-0.05, 0) is 54.1 Å². The first-order valence-corrected chi connectivity index (χ1v) is 5.87. The van der Waals surface area contributed by atoms with Crippen LogP contribution in [0.2, 0.25) is 0 Å². The summed E-state index contributed by atoms with van der Waals surface area (Å²) in [4.78, 5) is 16.4. The smallest absolute Gasteiger partial charge is 0.365 e. The molecule has 0 spiro atoms. The molecule has 0 radical (unpaired) electrons. The van der Waals surface area contributed by atoms with Crippen LogP contribution in [-0.4, -0.2) is 24.4 Å². The maximum atomic E-state index is 11.7. The van der Waals surface area contributed by atoms with Gasteiger partial charge >= 0.3 is 5.97 Å². The van der Waals surface area contributed by atoms with Crippen LogP contribution in [0.5, 0.6) is 11.5 Å². The third-order valence-electron chi connectivity index (χ3n) is 2.56. The molecule has 0 aliphatic heterocycles. The minimum atomic E-state index is -0.553. The summed E-state index contributed by atoms with van der Waals surface area (Å²) in [7, 11) is 1.55. The maximum absolute atomic E-state index is 11.7. The largest absolute Gasteiger partial charge is 0.508 e. The van der Waals surface area contributed by atoms with E-state index < -0.39 is 5.97 Å². The zero-order chi connectivity index (χ0) is 14.4. The van der Waals surface area contributed by atoms with Crippen molar-refractivity contribution >= 4 is 12.2 Å². The standard InChI is InChI=1S/C15H13NO4/c1-19-14-8-4-12(5-9-14)15(18)20-16-10-11-2-6-13(17)7-3-11/h2-10,17H,1H3/b16-10+. The summed E-state index contributed by atoms with van der Waals surface area (Å²) < 4.78 is 5.00. The molecular formula is C15H13NO4. The highest BCUT2D eigenvalue weighted by atomic mass is 16.7. The Kier molecular flexibility index (Phi) is 4.34. The van der Waals surface area contributed by atoms with Crippen LogP contribution in [0.25, 0.3) is 0 Å². The van der Waals surface area contributed by atoms with E-state index in [4.69, 9.17) is 14.7 Å². The Morgan fingerprint density at radius 3 is 2.35 bits per heavy atom. The number of benzene rings is 2. The second-order valence-electron chi connectivity index (χ2n) is 3.93. The molecule has 0 saturated heterocycles. The SMILES string of the molecule is COc1ccc(C(=O)O/N=C/c2ccc(O)cc2)cc1. The molecule has 0 saturated carbocycles. The summed E-state index contributed by atoms with van der Waals surface area (Å²) in [5.41, 5.74) is 1.10. The van der Waals surface area contributed by atoms with Gasteiger partial charge in [0.2, 0.25) is 0 Å². The summed E-state index contributed by atoms with van der Waals surface area (Å²) >= 11 is 0. The summed E-state index contributed by atoms with van der Waals surface area (Å²) in [5, 5.41) is 12.7. The predicted octanol–water partition coefficient (Wildman–Crippen LogP) is 2.59. The molecule has 0 bridgehead atoms. The van der Waals surface area contributed by atoms with E-state index in [1.54, 1.807) is 43.5 Å². The summed E-state index contributed by atoms with van der Waals surface area (Å²) in [6.45, 7) is 0. The molecule has 2 rings (SSSR count). The monoisotopic (exact) mass is 271 g/mol. The van der Waals surface area contributed by atoms with E-state index in [-0.39, 0.29) is 5.75 Å². The first-order chi connectivity index (χ1) is 9.69. The zero-order valence-electron chi connectivity index (χ0n) is 10.8. The Balaban J connectivity index is 1.95. The van der Waals surface area contributed by atoms with Crippen LogP contribution in [0, 0.1) is 0 Å². The van der Waals surface area contributed by atoms with Gasteiger partial charge in [-0.3, -0.25) is 0 Å². The van der Waals surface area contributed by atoms with Gasteiger partial charge in [-0.15, -0.1) is 0 Å². The topological polar surface area (TPSA) is 68.1 Å². The molecule has 5 heteroatoms. The third-order valence-corrected chi connectivity index (χ3v) is 2.56. The number of rotatable bonds is 4. The third kappa shape index (κ3) is 3.58. The molecule has 0 unspecified atom stereocenters. The van der Waals surface area contributed by atoms with Gasteiger partial charge in [-0.25, -0.2) is 4.79 Å². The van der Waals surface area contributed by atoms with E-state index >= 15 is 0 Å². The predicted molar refractivity (Wildman–Crippen MR) is 74.1 cm³/mol. The highest BCUT2D eigenvalue weighted by Crippen LogP contribution is 2.12. The van der Waals surface area contributed by atoms with Gasteiger partial charge in [0, 0.05) is 0 Å². The van der Waals surface area contributed by atoms with Crippen molar-refractivity contribution in [1.82, 2.24) is 0 Å². The Morgan fingerprint density at radius 1 is 1.10 bits per heavy atom. The number of nitrogens with zero attached hydrogens (tertiary/aromatic N) is 1. The molecule has 5 nitrogen and oxygen atoms in total. The van der Waals surface area contributed by atoms with Crippen molar-refractivity contribution < 1.29 is 19.5 Å². The normalized spacial score (nSPS) is 10.4. The fourth-order valence-corrected chi connectivity index (χ4v) is 1.48. The van der Waals surface area contributed by atoms with E-state index in [0.29, 0.717) is 16.9 Å². The van der Waals surface area contributed by atoms with Gasteiger partial charge in [-0.2, -0.15) is 0 Å². The van der Waals surface area contributed by atoms with Gasteiger partial charge in [-0.1, -0.05) is 5.16 Å². The molecule has 0 amide bonds. The number of oxime groups is 1. The van der Waals surface area contributed by atoms with Crippen LogP contribution in [0.4, 0.5) is 0 Å². The van der Waals surface area contributed by atoms with Crippen molar-refractivity contribution in [3.05, 3.63) is 59.7 Å². The number of hydrogen-bond donors (Lipinski definition) is 1. The maximum Gasteiger partial charge on any atom is 0.365 e. The van der Waals surface area contributed by atoms with Gasteiger partial charge < -0.3 is 14.7 Å². The van der Waals surface area contributed by atoms with Crippen molar-refractivity contribution in [3.8, 4) is 11.5 Å². The van der Waals surface area contributed by atoms with E-state index in [1.807, 2.05) is 0 Å². The Labute approximate surface area is 116 Å². The Morgan fingerprint density at radius 2 is 1.75 bits per heavy atom. The second-order valence-corrected chi connectivity index (χ2v) is 3.93. The van der Waals surface area contributed by atoms with E-state index in [0.717, 1.165) is 0 Å². The van der Waals surface area contributed by atoms with Gasteiger partial charge in [0.1, 0.15) is 11.5 Å². The summed E-state index contributed by atoms with van der Waals surface area (Å²) in [6.07, 6.45) is 1.39. The van der Waals surface area contributed by atoms with Crippen molar-refractivity contribution in [1.29, 1.82) is 0 Å². The molecule has 0 atom stereocenters. The number of ether oxygens (including phenoxy) is 1. The van der Waals surface area contributed by atoms with E-state index in [1.165, 1.54) is 18.3 Å². The lowest BCUT2D eigenvalue weighted by Gasteiger charge is -2.00. The molecule has 20 heavy (non-hydrogen) atoms. The number of phenolic OH excluding ortho intramolecular Hbond substituents is 1. The molecule has 102 valence electrons. The fraction of sp³-hybridized carbons (Fsp3) is 0.0667. The van der Waals surface area contributed by atoms with Crippen LogP contribution in [0.1, 0.15) is 15.9 Å². The van der Waals surface area contributed by atoms with Gasteiger partial charge in [0.05, 0.1) is 18.9 Å². The quantitative estimate of drug-likeness (QED) is 0.527. The van der Waals surface area contributed by atoms with Crippen molar-refractivity contribution in [2.45, 2.75) is 0 Å². The molecule has 2 aromatic rings. The molecular weight excluding hydrogens is 258 g/mol. The number of carbonyl (C=O) groups excluding carboxylic acids is 1. The zero-order valence-corrected chi connectivity index (χ0v) is 10.8. The van der Waals surface area contributed by atoms with Crippen LogP contribution in [0.3, 0.4) is 0 Å². The molecule has 0 heterocycles. The first-order valence-electron chi connectivity index (χ1n) is 5.87. The molecule has 1 N–H and O–H groups in total. The molecule has 0 fully saturated rings. The summed E-state index contributed by atoms with van der Waals surface area (Å²) in [6, 6.07) is 12.9. The van der Waals surface area contributed by atoms with Gasteiger partial charge in [0.15, 0.2) is 0 Å². The van der Waals surface area contributed by atoms with Crippen LogP contribution < -0.4 is 4.74 Å². The number of methoxy groups -OCH3 is 1. The molecule has 0 aliphatic rings. The van der Waals surface area contributed by atoms with Crippen molar-refractivity contribution in [2.75, 3.05) is 7.11 Å². The minimum Gasteiger partial charge on any atom is -0.508 e. The fourth-order valence-electron chi connectivity index (χ4n) is 1.48. The highest BCUT2D eigenvalue weighted by molar-refractivity contribution is 5.90. The van der Waals surface area contributed by atoms with E-state index in [2.05, 4.69) is 5.16 Å². The van der Waals surface area contributed by atoms with Crippen LogP contribution >= 0.6 is 0 Å². The highest BCUT2D eigenvalue weighted by Gasteiger charge is 2.06. The minimum absolute atomic E-state index is 0.164. The lowest BCUT2D eigenvalue weighted by Crippen LogP contribution is -2.00. The Hall–Kier alpha value is -2.82. The number of hydrogen-bond acceptors (Lipinski definition) is 5. The number of carbonyl (C=O) groups is 1. The lowest BCUT2D eigenvalue weighted by molar-refractivity contribution is 0.0519. The Bertz CT molecular complexity index is 603. The van der Waals surface area contributed by atoms with Crippen molar-refractivity contribution in [3.63, 3.8) is 0 Å². The van der Waals surface area contributed by atoms with E-state index in [9.17, 15) is 4.79 Å². The lowest BCUT2D eigenvalue weighted by atomic mass is 10.2. The first kappa shape index (κ1) is 13.6. The molecule has 2 aromatic carbocycles.